The second-order valence-corrected chi connectivity index (χ2v) is 5.44. The molecule has 0 unspecified atom stereocenters. The molecular weight excluding hydrogens is 228 g/mol. The first-order valence-corrected chi connectivity index (χ1v) is 5.92. The molecule has 0 fully saturated rings. The fourth-order valence-corrected chi connectivity index (χ4v) is 3.05. The molecule has 0 spiro atoms. The van der Waals surface area contributed by atoms with E-state index in [-0.39, 0.29) is 10.5 Å². The molecule has 0 radical (unpaired) electrons. The molecule has 1 aliphatic heterocycles. The van der Waals surface area contributed by atoms with Gasteiger partial charge in [0.15, 0.2) is 0 Å². The van der Waals surface area contributed by atoms with Crippen molar-refractivity contribution in [2.24, 2.45) is 0 Å². The number of nitrogens with zero attached hydrogens (tertiary/aromatic N) is 2. The van der Waals surface area contributed by atoms with Crippen molar-refractivity contribution in [3.63, 3.8) is 0 Å². The van der Waals surface area contributed by atoms with Gasteiger partial charge < -0.3 is 0 Å². The third-order valence-electron chi connectivity index (χ3n) is 2.69. The molecule has 1 heterocycles. The SMILES string of the molecule is Cc1c(C#N)ccc2c1C(=O)N(C)S2(=O)=O. The first-order valence-electron chi connectivity index (χ1n) is 4.48. The standard InChI is InChI=1S/C10H8N2O3S/c1-6-7(5-11)3-4-8-9(6)10(13)12(2)16(8,14)15/h3-4H,1-2H3. The molecule has 0 aromatic heterocycles. The van der Waals surface area contributed by atoms with E-state index in [4.69, 9.17) is 5.26 Å². The monoisotopic (exact) mass is 236 g/mol. The van der Waals surface area contributed by atoms with Crippen molar-refractivity contribution in [1.82, 2.24) is 4.31 Å². The van der Waals surface area contributed by atoms with E-state index in [0.717, 1.165) is 0 Å². The van der Waals surface area contributed by atoms with Crippen LogP contribution in [0.15, 0.2) is 17.0 Å². The number of rotatable bonds is 0. The minimum absolute atomic E-state index is 0.0171. The highest BCUT2D eigenvalue weighted by Crippen LogP contribution is 2.32. The molecule has 1 aromatic carbocycles. The maximum atomic E-state index is 11.8. The summed E-state index contributed by atoms with van der Waals surface area (Å²) in [6.45, 7) is 1.57. The number of fused-ring (bicyclic) bond motifs is 1. The Morgan fingerprint density at radius 1 is 1.38 bits per heavy atom. The van der Waals surface area contributed by atoms with Crippen LogP contribution in [0.5, 0.6) is 0 Å². The van der Waals surface area contributed by atoms with Crippen LogP contribution in [0.3, 0.4) is 0 Å². The predicted molar refractivity (Wildman–Crippen MR) is 55.2 cm³/mol. The van der Waals surface area contributed by atoms with Crippen molar-refractivity contribution < 1.29 is 13.2 Å². The zero-order chi connectivity index (χ0) is 12.1. The van der Waals surface area contributed by atoms with Gasteiger partial charge >= 0.3 is 0 Å². The molecule has 0 atom stereocenters. The molecule has 1 aromatic rings. The van der Waals surface area contributed by atoms with Crippen LogP contribution in [0, 0.1) is 18.3 Å². The van der Waals surface area contributed by atoms with Crippen molar-refractivity contribution in [2.45, 2.75) is 11.8 Å². The lowest BCUT2D eigenvalue weighted by Gasteiger charge is -2.05. The van der Waals surface area contributed by atoms with Crippen LogP contribution in [-0.2, 0) is 10.0 Å². The van der Waals surface area contributed by atoms with Crippen molar-refractivity contribution >= 4 is 15.9 Å². The van der Waals surface area contributed by atoms with E-state index in [9.17, 15) is 13.2 Å². The summed E-state index contributed by atoms with van der Waals surface area (Å²) in [6, 6.07) is 4.64. The Morgan fingerprint density at radius 2 is 2.00 bits per heavy atom. The third-order valence-corrected chi connectivity index (χ3v) is 4.47. The molecule has 1 aliphatic rings. The van der Waals surface area contributed by atoms with Gasteiger partial charge in [-0.25, -0.2) is 12.7 Å². The Hall–Kier alpha value is -1.87. The van der Waals surface area contributed by atoms with Crippen molar-refractivity contribution in [1.29, 1.82) is 5.26 Å². The molecule has 5 nitrogen and oxygen atoms in total. The summed E-state index contributed by atoms with van der Waals surface area (Å²) in [7, 11) is -2.50. The summed E-state index contributed by atoms with van der Waals surface area (Å²) >= 11 is 0. The van der Waals surface area contributed by atoms with E-state index >= 15 is 0 Å². The summed E-state index contributed by atoms with van der Waals surface area (Å²) in [5, 5.41) is 8.81. The third kappa shape index (κ3) is 1.09. The first kappa shape index (κ1) is 10.6. The molecule has 16 heavy (non-hydrogen) atoms. The molecule has 1 amide bonds. The zero-order valence-electron chi connectivity index (χ0n) is 8.68. The van der Waals surface area contributed by atoms with Gasteiger partial charge in [-0.05, 0) is 24.6 Å². The van der Waals surface area contributed by atoms with Crippen LogP contribution in [0.1, 0.15) is 21.5 Å². The van der Waals surface area contributed by atoms with Crippen molar-refractivity contribution in [2.75, 3.05) is 7.05 Å². The quantitative estimate of drug-likeness (QED) is 0.662. The Bertz CT molecular complexity index is 641. The highest BCUT2D eigenvalue weighted by Gasteiger charge is 2.40. The summed E-state index contributed by atoms with van der Waals surface area (Å²) in [5.41, 5.74) is 0.845. The van der Waals surface area contributed by atoms with Gasteiger partial charge in [-0.1, -0.05) is 0 Å². The molecule has 0 saturated carbocycles. The van der Waals surface area contributed by atoms with Gasteiger partial charge in [0.25, 0.3) is 15.9 Å². The average molecular weight is 236 g/mol. The van der Waals surface area contributed by atoms with Crippen LogP contribution in [0.4, 0.5) is 0 Å². The molecular formula is C10H8N2O3S. The fraction of sp³-hybridized carbons (Fsp3) is 0.200. The molecule has 0 N–H and O–H groups in total. The molecule has 6 heteroatoms. The topological polar surface area (TPSA) is 78.2 Å². The van der Waals surface area contributed by atoms with Gasteiger partial charge in [0.2, 0.25) is 0 Å². The van der Waals surface area contributed by atoms with Gasteiger partial charge in [0.05, 0.1) is 17.2 Å². The first-order chi connectivity index (χ1) is 7.41. The van der Waals surface area contributed by atoms with Crippen molar-refractivity contribution in [3.05, 3.63) is 28.8 Å². The number of hydrogen-bond acceptors (Lipinski definition) is 4. The number of nitriles is 1. The van der Waals surface area contributed by atoms with E-state index in [1.165, 1.54) is 19.2 Å². The minimum Gasteiger partial charge on any atom is -0.268 e. The summed E-state index contributed by atoms with van der Waals surface area (Å²) in [6.07, 6.45) is 0. The number of sulfonamides is 1. The highest BCUT2D eigenvalue weighted by atomic mass is 32.2. The van der Waals surface area contributed by atoms with Crippen molar-refractivity contribution in [3.8, 4) is 6.07 Å². The molecule has 0 aliphatic carbocycles. The smallest absolute Gasteiger partial charge is 0.268 e. The second kappa shape index (κ2) is 3.06. The normalized spacial score (nSPS) is 17.1. The highest BCUT2D eigenvalue weighted by molar-refractivity contribution is 7.90. The van der Waals surface area contributed by atoms with E-state index < -0.39 is 15.9 Å². The maximum absolute atomic E-state index is 11.8. The number of carbonyl (C=O) groups excluding carboxylic acids is 1. The van der Waals surface area contributed by atoms with Crippen LogP contribution in [0.2, 0.25) is 0 Å². The Morgan fingerprint density at radius 3 is 2.56 bits per heavy atom. The average Bonchev–Trinajstić information content (AvgIpc) is 2.42. The lowest BCUT2D eigenvalue weighted by Crippen LogP contribution is -2.25. The van der Waals surface area contributed by atoms with Crippen LogP contribution in [0.25, 0.3) is 0 Å². The second-order valence-electron chi connectivity index (χ2n) is 3.50. The van der Waals surface area contributed by atoms with Gasteiger partial charge in [-0.2, -0.15) is 5.26 Å². The minimum atomic E-state index is -3.71. The summed E-state index contributed by atoms with van der Waals surface area (Å²) in [5.74, 6) is -0.579. The largest absolute Gasteiger partial charge is 0.269 e. The predicted octanol–water partition coefficient (Wildman–Crippen LogP) is 0.641. The lowest BCUT2D eigenvalue weighted by atomic mass is 10.0. The maximum Gasteiger partial charge on any atom is 0.269 e. The molecule has 2 rings (SSSR count). The lowest BCUT2D eigenvalue weighted by molar-refractivity contribution is 0.0891. The van der Waals surface area contributed by atoms with Gasteiger partial charge in [-0.15, -0.1) is 0 Å². The summed E-state index contributed by atoms with van der Waals surface area (Å²) in [4.78, 5) is 11.7. The van der Waals surface area contributed by atoms with Crippen LogP contribution < -0.4 is 0 Å². The van der Waals surface area contributed by atoms with E-state index in [0.29, 0.717) is 15.4 Å². The van der Waals surface area contributed by atoms with E-state index in [2.05, 4.69) is 0 Å². The fourth-order valence-electron chi connectivity index (χ4n) is 1.70. The summed E-state index contributed by atoms with van der Waals surface area (Å²) < 4.78 is 24.2. The molecule has 82 valence electrons. The number of amides is 1. The Balaban J connectivity index is 2.90. The van der Waals surface area contributed by atoms with Gasteiger partial charge in [-0.3, -0.25) is 4.79 Å². The molecule has 0 bridgehead atoms. The molecule has 0 saturated heterocycles. The van der Waals surface area contributed by atoms with Crippen LogP contribution in [-0.4, -0.2) is 25.7 Å². The van der Waals surface area contributed by atoms with E-state index in [1.807, 2.05) is 6.07 Å². The number of carbonyl (C=O) groups is 1. The Labute approximate surface area is 93.0 Å². The van der Waals surface area contributed by atoms with Gasteiger partial charge in [0.1, 0.15) is 4.90 Å². The van der Waals surface area contributed by atoms with E-state index in [1.54, 1.807) is 6.92 Å². The zero-order valence-corrected chi connectivity index (χ0v) is 9.50. The van der Waals surface area contributed by atoms with Gasteiger partial charge in [0, 0.05) is 7.05 Å². The Kier molecular flexibility index (Phi) is 2.03. The van der Waals surface area contributed by atoms with Crippen LogP contribution >= 0.6 is 0 Å². The number of benzene rings is 1. The number of hydrogen-bond donors (Lipinski definition) is 0.